The molecule has 0 radical (unpaired) electrons. The van der Waals surface area contributed by atoms with E-state index in [-0.39, 0.29) is 18.2 Å². The van der Waals surface area contributed by atoms with Gasteiger partial charge >= 0.3 is 0 Å². The van der Waals surface area contributed by atoms with Gasteiger partial charge in [-0.25, -0.2) is 9.37 Å². The molecule has 1 amide bonds. The lowest BCUT2D eigenvalue weighted by Gasteiger charge is -2.32. The highest BCUT2D eigenvalue weighted by atomic mass is 19.1. The number of hydrogen-bond donors (Lipinski definition) is 2. The van der Waals surface area contributed by atoms with Crippen LogP contribution in [-0.4, -0.2) is 52.4 Å². The van der Waals surface area contributed by atoms with Crippen molar-refractivity contribution >= 4 is 29.1 Å². The fourth-order valence-electron chi connectivity index (χ4n) is 3.60. The quantitative estimate of drug-likeness (QED) is 0.630. The average Bonchev–Trinajstić information content (AvgIpc) is 2.77. The first-order valence-electron chi connectivity index (χ1n) is 10.4. The second-order valence-electron chi connectivity index (χ2n) is 7.81. The summed E-state index contributed by atoms with van der Waals surface area (Å²) in [6, 6.07) is 5.83. The molecular formula is C23H28FN5O2. The molecule has 2 N–H and O–H groups in total. The lowest BCUT2D eigenvalue weighted by molar-refractivity contribution is -0.133. The molecule has 0 bridgehead atoms. The number of amides is 1. The van der Waals surface area contributed by atoms with E-state index in [1.807, 2.05) is 32.0 Å². The van der Waals surface area contributed by atoms with E-state index in [0.717, 1.165) is 35.2 Å². The minimum absolute atomic E-state index is 0.0417. The molecule has 0 spiro atoms. The SMILES string of the molecule is C=CC(=O)Cc1cc(C)ccc1Nc1nc(N[C@H]2CCCN(C(=O)CF)C2)ncc1C. The number of benzene rings is 1. The van der Waals surface area contributed by atoms with Crippen LogP contribution in [0.2, 0.25) is 0 Å². The number of rotatable bonds is 8. The van der Waals surface area contributed by atoms with Gasteiger partial charge in [0.05, 0.1) is 0 Å². The summed E-state index contributed by atoms with van der Waals surface area (Å²) < 4.78 is 12.7. The Labute approximate surface area is 181 Å². The van der Waals surface area contributed by atoms with Gasteiger partial charge in [-0.15, -0.1) is 0 Å². The zero-order chi connectivity index (χ0) is 22.4. The highest BCUT2D eigenvalue weighted by Gasteiger charge is 2.24. The van der Waals surface area contributed by atoms with E-state index in [9.17, 15) is 14.0 Å². The first-order valence-corrected chi connectivity index (χ1v) is 10.4. The minimum atomic E-state index is -0.977. The number of aryl methyl sites for hydroxylation is 2. The molecule has 3 rings (SSSR count). The standard InChI is InChI=1S/C23H28FN5O2/c1-4-19(30)11-17-10-15(2)7-8-20(17)27-22-16(3)13-25-23(28-22)26-18-6-5-9-29(14-18)21(31)12-24/h4,7-8,10,13,18H,1,5-6,9,11-12,14H2,2-3H3,(H2,25,26,27,28)/t18-/m0/s1. The molecule has 31 heavy (non-hydrogen) atoms. The highest BCUT2D eigenvalue weighted by Crippen LogP contribution is 2.25. The number of ketones is 1. The molecule has 1 atom stereocenters. The zero-order valence-corrected chi connectivity index (χ0v) is 17.9. The molecule has 1 fully saturated rings. The first-order chi connectivity index (χ1) is 14.9. The summed E-state index contributed by atoms with van der Waals surface area (Å²) in [5.74, 6) is 0.518. The minimum Gasteiger partial charge on any atom is -0.350 e. The molecule has 1 saturated heterocycles. The number of likely N-dealkylation sites (tertiary alicyclic amines) is 1. The van der Waals surface area contributed by atoms with E-state index < -0.39 is 12.6 Å². The number of allylic oxidation sites excluding steroid dienone is 1. The van der Waals surface area contributed by atoms with E-state index >= 15 is 0 Å². The molecule has 0 unspecified atom stereocenters. The summed E-state index contributed by atoms with van der Waals surface area (Å²) >= 11 is 0. The smallest absolute Gasteiger partial charge is 0.254 e. The Morgan fingerprint density at radius 1 is 1.35 bits per heavy atom. The topological polar surface area (TPSA) is 87.2 Å². The van der Waals surface area contributed by atoms with Crippen LogP contribution in [0.5, 0.6) is 0 Å². The van der Waals surface area contributed by atoms with Crippen molar-refractivity contribution in [2.24, 2.45) is 0 Å². The number of aromatic nitrogens is 2. The predicted octanol–water partition coefficient (Wildman–Crippen LogP) is 3.51. The van der Waals surface area contributed by atoms with E-state index in [1.54, 1.807) is 6.20 Å². The number of carbonyl (C=O) groups excluding carboxylic acids is 2. The molecule has 2 aromatic rings. The van der Waals surface area contributed by atoms with Gasteiger partial charge in [0.1, 0.15) is 5.82 Å². The summed E-state index contributed by atoms with van der Waals surface area (Å²) in [6.07, 6.45) is 4.94. The lowest BCUT2D eigenvalue weighted by atomic mass is 10.0. The van der Waals surface area contributed by atoms with Crippen LogP contribution in [0.1, 0.15) is 29.5 Å². The predicted molar refractivity (Wildman–Crippen MR) is 119 cm³/mol. The average molecular weight is 426 g/mol. The second kappa shape index (κ2) is 10.1. The van der Waals surface area contributed by atoms with Crippen LogP contribution in [0.15, 0.2) is 37.1 Å². The second-order valence-corrected chi connectivity index (χ2v) is 7.81. The fourth-order valence-corrected chi connectivity index (χ4v) is 3.60. The number of hydrogen-bond acceptors (Lipinski definition) is 6. The van der Waals surface area contributed by atoms with Gasteiger partial charge in [-0.1, -0.05) is 24.3 Å². The van der Waals surface area contributed by atoms with Gasteiger partial charge in [0.25, 0.3) is 5.91 Å². The molecule has 0 saturated carbocycles. The number of anilines is 3. The molecule has 2 heterocycles. The van der Waals surface area contributed by atoms with Crippen molar-refractivity contribution < 1.29 is 14.0 Å². The largest absolute Gasteiger partial charge is 0.350 e. The molecule has 8 heteroatoms. The maximum atomic E-state index is 12.7. The van der Waals surface area contributed by atoms with Crippen molar-refractivity contribution in [1.29, 1.82) is 0 Å². The number of nitrogens with zero attached hydrogens (tertiary/aromatic N) is 3. The van der Waals surface area contributed by atoms with Crippen molar-refractivity contribution in [2.45, 2.75) is 39.2 Å². The lowest BCUT2D eigenvalue weighted by Crippen LogP contribution is -2.45. The number of carbonyl (C=O) groups is 2. The van der Waals surface area contributed by atoms with Crippen molar-refractivity contribution in [3.8, 4) is 0 Å². The molecule has 1 aliphatic heterocycles. The summed E-state index contributed by atoms with van der Waals surface area (Å²) in [5.41, 5.74) is 3.57. The van der Waals surface area contributed by atoms with Gasteiger partial charge in [0.15, 0.2) is 12.5 Å². The molecule has 1 aromatic heterocycles. The maximum absolute atomic E-state index is 12.7. The van der Waals surface area contributed by atoms with Crippen LogP contribution < -0.4 is 10.6 Å². The highest BCUT2D eigenvalue weighted by molar-refractivity contribution is 5.92. The molecule has 164 valence electrons. The Morgan fingerprint density at radius 3 is 2.90 bits per heavy atom. The molecule has 1 aromatic carbocycles. The van der Waals surface area contributed by atoms with Crippen LogP contribution in [0, 0.1) is 13.8 Å². The Morgan fingerprint density at radius 2 is 2.16 bits per heavy atom. The third-order valence-electron chi connectivity index (χ3n) is 5.30. The van der Waals surface area contributed by atoms with Crippen LogP contribution in [-0.2, 0) is 16.0 Å². The van der Waals surface area contributed by atoms with Crippen molar-refractivity contribution in [2.75, 3.05) is 30.4 Å². The van der Waals surface area contributed by atoms with Gasteiger partial charge in [-0.2, -0.15) is 4.98 Å². The van der Waals surface area contributed by atoms with Crippen molar-refractivity contribution in [3.05, 3.63) is 53.7 Å². The number of piperidine rings is 1. The van der Waals surface area contributed by atoms with Gasteiger partial charge in [-0.3, -0.25) is 9.59 Å². The van der Waals surface area contributed by atoms with Gasteiger partial charge in [0, 0.05) is 43.0 Å². The van der Waals surface area contributed by atoms with Crippen LogP contribution in [0.4, 0.5) is 21.8 Å². The van der Waals surface area contributed by atoms with Crippen LogP contribution >= 0.6 is 0 Å². The summed E-state index contributed by atoms with van der Waals surface area (Å²) in [7, 11) is 0. The third kappa shape index (κ3) is 5.87. The Bertz CT molecular complexity index is 978. The van der Waals surface area contributed by atoms with Crippen molar-refractivity contribution in [1.82, 2.24) is 14.9 Å². The van der Waals surface area contributed by atoms with Gasteiger partial charge in [0.2, 0.25) is 5.95 Å². The Balaban J connectivity index is 1.77. The summed E-state index contributed by atoms with van der Waals surface area (Å²) in [4.78, 5) is 34.1. The van der Waals surface area contributed by atoms with Crippen molar-refractivity contribution in [3.63, 3.8) is 0 Å². The number of halogens is 1. The van der Waals surface area contributed by atoms with E-state index in [0.29, 0.717) is 24.9 Å². The molecular weight excluding hydrogens is 397 g/mol. The monoisotopic (exact) mass is 425 g/mol. The summed E-state index contributed by atoms with van der Waals surface area (Å²) in [5, 5.41) is 6.58. The summed E-state index contributed by atoms with van der Waals surface area (Å²) in [6.45, 7) is 7.45. The number of alkyl halides is 1. The Kier molecular flexibility index (Phi) is 7.33. The van der Waals surface area contributed by atoms with E-state index in [4.69, 9.17) is 0 Å². The van der Waals surface area contributed by atoms with Crippen LogP contribution in [0.25, 0.3) is 0 Å². The van der Waals surface area contributed by atoms with E-state index in [1.165, 1.54) is 11.0 Å². The first kappa shape index (κ1) is 22.4. The third-order valence-corrected chi connectivity index (χ3v) is 5.30. The molecule has 7 nitrogen and oxygen atoms in total. The number of nitrogens with one attached hydrogen (secondary N) is 2. The molecule has 1 aliphatic rings. The van der Waals surface area contributed by atoms with Gasteiger partial charge < -0.3 is 15.5 Å². The van der Waals surface area contributed by atoms with Gasteiger partial charge in [-0.05, 0) is 44.4 Å². The van der Waals surface area contributed by atoms with Crippen LogP contribution in [0.3, 0.4) is 0 Å². The van der Waals surface area contributed by atoms with E-state index in [2.05, 4.69) is 27.2 Å². The zero-order valence-electron chi connectivity index (χ0n) is 17.9. The Hall–Kier alpha value is -3.29. The molecule has 0 aliphatic carbocycles. The fraction of sp³-hybridized carbons (Fsp3) is 0.391. The normalized spacial score (nSPS) is 16.0. The maximum Gasteiger partial charge on any atom is 0.254 e.